The van der Waals surface area contributed by atoms with Crippen molar-refractivity contribution in [3.8, 4) is 5.75 Å². The van der Waals surface area contributed by atoms with E-state index in [9.17, 15) is 0 Å². The van der Waals surface area contributed by atoms with Crippen LogP contribution < -0.4 is 15.0 Å². The number of methoxy groups -OCH3 is 1. The van der Waals surface area contributed by atoms with Gasteiger partial charge in [-0.2, -0.15) is 0 Å². The molecule has 2 fully saturated rings. The van der Waals surface area contributed by atoms with Gasteiger partial charge in [0.05, 0.1) is 38.1 Å². The monoisotopic (exact) mass is 505 g/mol. The maximum Gasteiger partial charge on any atom is 0.174 e. The van der Waals surface area contributed by atoms with E-state index >= 15 is 0 Å². The molecule has 1 N–H and O–H groups in total. The average Bonchev–Trinajstić information content (AvgIpc) is 3.40. The highest BCUT2D eigenvalue weighted by molar-refractivity contribution is 7.80. The smallest absolute Gasteiger partial charge is 0.174 e. The lowest BCUT2D eigenvalue weighted by atomic mass is 9.96. The van der Waals surface area contributed by atoms with Crippen molar-refractivity contribution in [2.45, 2.75) is 38.9 Å². The number of pyridine rings is 1. The molecule has 0 bridgehead atoms. The molecule has 7 nitrogen and oxygen atoms in total. The lowest BCUT2D eigenvalue weighted by Crippen LogP contribution is -2.37. The van der Waals surface area contributed by atoms with Crippen LogP contribution in [0, 0.1) is 13.8 Å². The molecule has 4 heterocycles. The van der Waals surface area contributed by atoms with Crippen molar-refractivity contribution in [3.63, 3.8) is 0 Å². The Balaban J connectivity index is 1.46. The second-order valence-electron chi connectivity index (χ2n) is 9.48. The fourth-order valence-corrected chi connectivity index (χ4v) is 5.79. The van der Waals surface area contributed by atoms with Crippen LogP contribution in [-0.2, 0) is 11.3 Å². The molecular formula is C28H35N5O2S. The number of hydrogen-bond donors (Lipinski definition) is 1. The van der Waals surface area contributed by atoms with Gasteiger partial charge in [-0.05, 0) is 80.5 Å². The zero-order chi connectivity index (χ0) is 25.1. The summed E-state index contributed by atoms with van der Waals surface area (Å²) in [6, 6.07) is 16.4. The summed E-state index contributed by atoms with van der Waals surface area (Å²) in [5.41, 5.74) is 5.85. The molecule has 2 aliphatic heterocycles. The molecule has 0 saturated carbocycles. The fourth-order valence-electron chi connectivity index (χ4n) is 5.44. The van der Waals surface area contributed by atoms with Gasteiger partial charge >= 0.3 is 0 Å². The molecule has 2 aliphatic rings. The van der Waals surface area contributed by atoms with E-state index < -0.39 is 0 Å². The molecule has 8 heteroatoms. The maximum absolute atomic E-state index is 5.90. The zero-order valence-electron chi connectivity index (χ0n) is 21.3. The van der Waals surface area contributed by atoms with Crippen molar-refractivity contribution < 1.29 is 9.47 Å². The van der Waals surface area contributed by atoms with Crippen LogP contribution >= 0.6 is 12.2 Å². The third kappa shape index (κ3) is 4.98. The van der Waals surface area contributed by atoms with Gasteiger partial charge in [0.2, 0.25) is 0 Å². The summed E-state index contributed by atoms with van der Waals surface area (Å²) in [5, 5.41) is 4.28. The molecule has 0 amide bonds. The Morgan fingerprint density at radius 3 is 2.56 bits per heavy atom. The Morgan fingerprint density at radius 2 is 1.86 bits per heavy atom. The lowest BCUT2D eigenvalue weighted by molar-refractivity contribution is 0.0369. The van der Waals surface area contributed by atoms with Crippen molar-refractivity contribution >= 4 is 23.0 Å². The number of aromatic nitrogens is 2. The first kappa shape index (κ1) is 24.7. The Kier molecular flexibility index (Phi) is 7.55. The predicted octanol–water partition coefficient (Wildman–Crippen LogP) is 4.41. The number of benzene rings is 1. The lowest BCUT2D eigenvalue weighted by Gasteiger charge is -2.28. The van der Waals surface area contributed by atoms with Crippen molar-refractivity contribution in [3.05, 3.63) is 77.4 Å². The molecule has 0 unspecified atom stereocenters. The van der Waals surface area contributed by atoms with Crippen molar-refractivity contribution in [1.29, 1.82) is 0 Å². The van der Waals surface area contributed by atoms with Gasteiger partial charge in [-0.15, -0.1) is 0 Å². The van der Waals surface area contributed by atoms with Gasteiger partial charge in [-0.3, -0.25) is 9.88 Å². The van der Waals surface area contributed by atoms with Gasteiger partial charge in [0.1, 0.15) is 5.75 Å². The van der Waals surface area contributed by atoms with Gasteiger partial charge in [-0.1, -0.05) is 6.07 Å². The Labute approximate surface area is 219 Å². The molecule has 36 heavy (non-hydrogen) atoms. The van der Waals surface area contributed by atoms with Crippen LogP contribution in [0.1, 0.15) is 41.1 Å². The van der Waals surface area contributed by atoms with Crippen LogP contribution in [0.2, 0.25) is 0 Å². The highest BCUT2D eigenvalue weighted by Gasteiger charge is 2.42. The average molecular weight is 506 g/mol. The quantitative estimate of drug-likeness (QED) is 0.455. The SMILES string of the molecule is COc1ccc(N2C(=S)N[C@H](c3ccccn3)[C@H]2c2cc(C)n(CCCN3CCOCC3)c2C)cc1. The van der Waals surface area contributed by atoms with E-state index in [0.717, 1.165) is 62.9 Å². The fraction of sp³-hybridized carbons (Fsp3) is 0.429. The van der Waals surface area contributed by atoms with Gasteiger partial charge in [0.25, 0.3) is 0 Å². The molecular weight excluding hydrogens is 470 g/mol. The molecule has 1 aromatic carbocycles. The largest absolute Gasteiger partial charge is 0.497 e. The highest BCUT2D eigenvalue weighted by atomic mass is 32.1. The maximum atomic E-state index is 5.90. The van der Waals surface area contributed by atoms with Crippen molar-refractivity contribution in [2.24, 2.45) is 0 Å². The first-order valence-corrected chi connectivity index (χ1v) is 13.1. The number of morpholine rings is 1. The summed E-state index contributed by atoms with van der Waals surface area (Å²) in [6.07, 6.45) is 2.96. The molecule has 2 aromatic heterocycles. The molecule has 3 aromatic rings. The second-order valence-corrected chi connectivity index (χ2v) is 9.87. The van der Waals surface area contributed by atoms with E-state index in [2.05, 4.69) is 57.8 Å². The highest BCUT2D eigenvalue weighted by Crippen LogP contribution is 2.43. The topological polar surface area (TPSA) is 54.8 Å². The Bertz CT molecular complexity index is 1170. The molecule has 0 radical (unpaired) electrons. The van der Waals surface area contributed by atoms with E-state index in [1.165, 1.54) is 17.0 Å². The minimum absolute atomic E-state index is 0.0139. The number of rotatable bonds is 8. The van der Waals surface area contributed by atoms with Crippen LogP contribution in [0.25, 0.3) is 0 Å². The number of nitrogens with one attached hydrogen (secondary N) is 1. The normalized spacial score (nSPS) is 20.5. The van der Waals surface area contributed by atoms with E-state index in [-0.39, 0.29) is 12.1 Å². The first-order chi connectivity index (χ1) is 17.6. The number of nitrogens with zero attached hydrogens (tertiary/aromatic N) is 4. The molecule has 2 atom stereocenters. The van der Waals surface area contributed by atoms with Crippen LogP contribution in [0.4, 0.5) is 5.69 Å². The van der Waals surface area contributed by atoms with Gasteiger partial charge in [-0.25, -0.2) is 0 Å². The summed E-state index contributed by atoms with van der Waals surface area (Å²) < 4.78 is 13.3. The van der Waals surface area contributed by atoms with E-state index in [0.29, 0.717) is 5.11 Å². The minimum atomic E-state index is -0.0527. The van der Waals surface area contributed by atoms with E-state index in [4.69, 9.17) is 26.7 Å². The summed E-state index contributed by atoms with van der Waals surface area (Å²) in [5.74, 6) is 0.827. The molecule has 5 rings (SSSR count). The van der Waals surface area contributed by atoms with Crippen LogP contribution in [-0.4, -0.2) is 59.5 Å². The van der Waals surface area contributed by atoms with Crippen molar-refractivity contribution in [2.75, 3.05) is 44.9 Å². The Morgan fingerprint density at radius 1 is 1.08 bits per heavy atom. The third-order valence-corrected chi connectivity index (χ3v) is 7.65. The van der Waals surface area contributed by atoms with Gasteiger partial charge < -0.3 is 24.3 Å². The molecule has 190 valence electrons. The summed E-state index contributed by atoms with van der Waals surface area (Å²) in [7, 11) is 1.69. The van der Waals surface area contributed by atoms with E-state index in [1.807, 2.05) is 30.5 Å². The number of thiocarbonyl (C=S) groups is 1. The van der Waals surface area contributed by atoms with Gasteiger partial charge in [0.15, 0.2) is 5.11 Å². The standard InChI is InChI=1S/C28H35N5O2S/c1-20-19-24(21(2)32(20)14-6-13-31-15-17-35-18-16-31)27-26(25-7-4-5-12-29-25)30-28(36)33(27)22-8-10-23(34-3)11-9-22/h4-5,7-12,19,26-27H,6,13-18H2,1-3H3,(H,30,36)/t26-,27-/m1/s1. The number of ether oxygens (including phenoxy) is 2. The molecule has 0 spiro atoms. The number of anilines is 1. The summed E-state index contributed by atoms with van der Waals surface area (Å²) >= 11 is 5.90. The first-order valence-electron chi connectivity index (χ1n) is 12.7. The minimum Gasteiger partial charge on any atom is -0.497 e. The summed E-state index contributed by atoms with van der Waals surface area (Å²) in [6.45, 7) is 10.3. The van der Waals surface area contributed by atoms with E-state index in [1.54, 1.807) is 7.11 Å². The molecule has 2 saturated heterocycles. The molecule has 0 aliphatic carbocycles. The summed E-state index contributed by atoms with van der Waals surface area (Å²) in [4.78, 5) is 9.43. The van der Waals surface area contributed by atoms with Crippen LogP contribution in [0.15, 0.2) is 54.7 Å². The Hall–Kier alpha value is -2.94. The van der Waals surface area contributed by atoms with Gasteiger partial charge in [0, 0.05) is 49.5 Å². The van der Waals surface area contributed by atoms with Crippen molar-refractivity contribution in [1.82, 2.24) is 19.8 Å². The number of aryl methyl sites for hydroxylation is 1. The van der Waals surface area contributed by atoms with Crippen LogP contribution in [0.3, 0.4) is 0 Å². The van der Waals surface area contributed by atoms with Crippen LogP contribution in [0.5, 0.6) is 5.75 Å². The zero-order valence-corrected chi connectivity index (χ0v) is 22.1. The third-order valence-electron chi connectivity index (χ3n) is 7.34. The predicted molar refractivity (Wildman–Crippen MR) is 147 cm³/mol. The number of hydrogen-bond acceptors (Lipinski definition) is 5. The second kappa shape index (κ2) is 11.0.